The highest BCUT2D eigenvalue weighted by Gasteiger charge is 2.34. The summed E-state index contributed by atoms with van der Waals surface area (Å²) in [5.74, 6) is 0.128. The van der Waals surface area contributed by atoms with E-state index in [1.807, 2.05) is 16.9 Å². The summed E-state index contributed by atoms with van der Waals surface area (Å²) in [6, 6.07) is 1.66. The molecule has 1 fully saturated rings. The number of carbonyl (C=O) groups is 1. The maximum absolute atomic E-state index is 11.9. The van der Waals surface area contributed by atoms with E-state index in [0.717, 1.165) is 13.0 Å². The number of aromatic nitrogens is 5. The van der Waals surface area contributed by atoms with Gasteiger partial charge in [-0.15, -0.1) is 0 Å². The van der Waals surface area contributed by atoms with Gasteiger partial charge < -0.3 is 10.4 Å². The monoisotopic (exact) mass is 290 g/mol. The molecule has 0 spiro atoms. The molecule has 1 aliphatic carbocycles. The lowest BCUT2D eigenvalue weighted by molar-refractivity contribution is -0.123. The number of aliphatic hydroxyl groups is 1. The molecule has 3 atom stereocenters. The van der Waals surface area contributed by atoms with Gasteiger partial charge >= 0.3 is 0 Å². The molecule has 0 aromatic carbocycles. The number of amides is 1. The predicted molar refractivity (Wildman–Crippen MR) is 72.9 cm³/mol. The van der Waals surface area contributed by atoms with Gasteiger partial charge in [-0.1, -0.05) is 0 Å². The number of aliphatic hydroxyl groups excluding tert-OH is 1. The summed E-state index contributed by atoms with van der Waals surface area (Å²) in [7, 11) is 0. The van der Waals surface area contributed by atoms with Gasteiger partial charge in [0.05, 0.1) is 24.5 Å². The Morgan fingerprint density at radius 1 is 1.24 bits per heavy atom. The summed E-state index contributed by atoms with van der Waals surface area (Å²) < 4.78 is 1.86. The van der Waals surface area contributed by atoms with Gasteiger partial charge in [0.2, 0.25) is 5.91 Å². The van der Waals surface area contributed by atoms with Crippen molar-refractivity contribution < 1.29 is 9.90 Å². The molecule has 2 N–H and O–H groups in total. The lowest BCUT2D eigenvalue weighted by atomic mass is 10.1. The molecule has 1 amide bonds. The Morgan fingerprint density at radius 2 is 2.05 bits per heavy atom. The van der Waals surface area contributed by atoms with Gasteiger partial charge in [0.1, 0.15) is 6.54 Å². The van der Waals surface area contributed by atoms with E-state index in [4.69, 9.17) is 0 Å². The van der Waals surface area contributed by atoms with Gasteiger partial charge in [0, 0.05) is 18.9 Å². The zero-order valence-electron chi connectivity index (χ0n) is 11.5. The van der Waals surface area contributed by atoms with Crippen LogP contribution in [-0.2, 0) is 17.9 Å². The molecule has 8 nitrogen and oxygen atoms in total. The van der Waals surface area contributed by atoms with Crippen molar-refractivity contribution in [2.24, 2.45) is 5.92 Å². The van der Waals surface area contributed by atoms with Crippen molar-refractivity contribution in [2.75, 3.05) is 0 Å². The Bertz CT molecular complexity index is 568. The summed E-state index contributed by atoms with van der Waals surface area (Å²) in [4.78, 5) is 13.2. The quantitative estimate of drug-likeness (QED) is 0.768. The van der Waals surface area contributed by atoms with Crippen LogP contribution in [0.1, 0.15) is 12.8 Å². The Balaban J connectivity index is 1.50. The third-order valence-corrected chi connectivity index (χ3v) is 3.73. The minimum absolute atomic E-state index is 0.0695. The normalized spacial score (nSPS) is 25.1. The standard InChI is InChI=1S/C13H18N6O2/c20-12-7-10(8-18-5-1-2-14-18)6-11(12)17-13(21)9-19-15-3-4-16-19/h1-5,10-12,20H,6-9H2,(H,17,21)/t10?,11-,12-/m1/s1. The van der Waals surface area contributed by atoms with Gasteiger partial charge in [-0.2, -0.15) is 20.1 Å². The Hall–Kier alpha value is -2.22. The summed E-state index contributed by atoms with van der Waals surface area (Å²) in [5, 5.41) is 24.9. The minimum atomic E-state index is -0.514. The lowest BCUT2D eigenvalue weighted by Crippen LogP contribution is -2.41. The van der Waals surface area contributed by atoms with Crippen LogP contribution in [0.3, 0.4) is 0 Å². The van der Waals surface area contributed by atoms with Gasteiger partial charge in [-0.25, -0.2) is 0 Å². The molecule has 1 unspecified atom stereocenters. The Kier molecular flexibility index (Phi) is 3.96. The first kappa shape index (κ1) is 13.7. The summed E-state index contributed by atoms with van der Waals surface area (Å²) in [6.45, 7) is 0.831. The third kappa shape index (κ3) is 3.46. The van der Waals surface area contributed by atoms with Gasteiger partial charge in [0.25, 0.3) is 0 Å². The predicted octanol–water partition coefficient (Wildman–Crippen LogP) is -0.570. The lowest BCUT2D eigenvalue weighted by Gasteiger charge is -2.16. The van der Waals surface area contributed by atoms with Gasteiger partial charge in [0.15, 0.2) is 0 Å². The van der Waals surface area contributed by atoms with Crippen LogP contribution >= 0.6 is 0 Å². The van der Waals surface area contributed by atoms with Crippen LogP contribution in [0.5, 0.6) is 0 Å². The van der Waals surface area contributed by atoms with Crippen molar-refractivity contribution in [3.8, 4) is 0 Å². The highest BCUT2D eigenvalue weighted by Crippen LogP contribution is 2.27. The minimum Gasteiger partial charge on any atom is -0.391 e. The van der Waals surface area contributed by atoms with Crippen molar-refractivity contribution in [1.82, 2.24) is 30.1 Å². The van der Waals surface area contributed by atoms with E-state index < -0.39 is 6.10 Å². The molecule has 3 rings (SSSR count). The number of nitrogens with one attached hydrogen (secondary N) is 1. The van der Waals surface area contributed by atoms with E-state index in [-0.39, 0.29) is 18.5 Å². The van der Waals surface area contributed by atoms with E-state index >= 15 is 0 Å². The van der Waals surface area contributed by atoms with Crippen molar-refractivity contribution in [3.63, 3.8) is 0 Å². The summed E-state index contributed by atoms with van der Waals surface area (Å²) in [5.41, 5.74) is 0. The molecule has 2 heterocycles. The maximum atomic E-state index is 11.9. The van der Waals surface area contributed by atoms with Crippen molar-refractivity contribution >= 4 is 5.91 Å². The second kappa shape index (κ2) is 6.04. The van der Waals surface area contributed by atoms with Gasteiger partial charge in [-0.05, 0) is 24.8 Å². The fourth-order valence-corrected chi connectivity index (χ4v) is 2.80. The molecule has 0 aliphatic heterocycles. The second-order valence-electron chi connectivity index (χ2n) is 5.37. The molecule has 2 aromatic heterocycles. The molecule has 112 valence electrons. The van der Waals surface area contributed by atoms with Crippen LogP contribution in [0, 0.1) is 5.92 Å². The summed E-state index contributed by atoms with van der Waals surface area (Å²) in [6.07, 6.45) is 7.60. The highest BCUT2D eigenvalue weighted by atomic mass is 16.3. The molecule has 0 bridgehead atoms. The fraction of sp³-hybridized carbons (Fsp3) is 0.538. The van der Waals surface area contributed by atoms with Crippen LogP contribution in [-0.4, -0.2) is 47.9 Å². The van der Waals surface area contributed by atoms with E-state index in [2.05, 4.69) is 20.6 Å². The van der Waals surface area contributed by atoms with E-state index in [9.17, 15) is 9.90 Å². The second-order valence-corrected chi connectivity index (χ2v) is 5.37. The van der Waals surface area contributed by atoms with E-state index in [0.29, 0.717) is 12.3 Å². The molecule has 0 radical (unpaired) electrons. The van der Waals surface area contributed by atoms with E-state index in [1.165, 1.54) is 17.2 Å². The number of nitrogens with zero attached hydrogens (tertiary/aromatic N) is 5. The third-order valence-electron chi connectivity index (χ3n) is 3.73. The fourth-order valence-electron chi connectivity index (χ4n) is 2.80. The maximum Gasteiger partial charge on any atom is 0.243 e. The molecule has 1 saturated carbocycles. The molecule has 21 heavy (non-hydrogen) atoms. The average molecular weight is 290 g/mol. The van der Waals surface area contributed by atoms with E-state index in [1.54, 1.807) is 6.20 Å². The van der Waals surface area contributed by atoms with Crippen molar-refractivity contribution in [3.05, 3.63) is 30.9 Å². The number of hydrogen-bond donors (Lipinski definition) is 2. The van der Waals surface area contributed by atoms with Crippen LogP contribution < -0.4 is 5.32 Å². The number of rotatable bonds is 5. The van der Waals surface area contributed by atoms with Crippen LogP contribution in [0.25, 0.3) is 0 Å². The number of hydrogen-bond acceptors (Lipinski definition) is 5. The molecule has 1 aliphatic rings. The summed E-state index contributed by atoms with van der Waals surface area (Å²) >= 11 is 0. The first-order valence-electron chi connectivity index (χ1n) is 6.99. The average Bonchev–Trinajstić information content (AvgIpc) is 3.15. The highest BCUT2D eigenvalue weighted by molar-refractivity contribution is 5.75. The SMILES string of the molecule is O=C(Cn1nccn1)N[C@@H]1CC(Cn2cccn2)C[C@H]1O. The van der Waals surface area contributed by atoms with Crippen molar-refractivity contribution in [1.29, 1.82) is 0 Å². The Labute approximate surface area is 121 Å². The largest absolute Gasteiger partial charge is 0.391 e. The van der Waals surface area contributed by atoms with Crippen LogP contribution in [0.15, 0.2) is 30.9 Å². The van der Waals surface area contributed by atoms with Crippen LogP contribution in [0.4, 0.5) is 0 Å². The topological polar surface area (TPSA) is 97.9 Å². The zero-order valence-corrected chi connectivity index (χ0v) is 11.5. The molecule has 2 aromatic rings. The molecular formula is C13H18N6O2. The zero-order chi connectivity index (χ0) is 14.7. The molecule has 8 heteroatoms. The van der Waals surface area contributed by atoms with Crippen LogP contribution in [0.2, 0.25) is 0 Å². The molecular weight excluding hydrogens is 272 g/mol. The first-order valence-corrected chi connectivity index (χ1v) is 6.99. The first-order chi connectivity index (χ1) is 10.2. The van der Waals surface area contributed by atoms with Gasteiger partial charge in [-0.3, -0.25) is 9.48 Å². The Morgan fingerprint density at radius 3 is 2.76 bits per heavy atom. The number of carbonyl (C=O) groups excluding carboxylic acids is 1. The smallest absolute Gasteiger partial charge is 0.243 e. The van der Waals surface area contributed by atoms with Crippen molar-refractivity contribution in [2.45, 2.75) is 38.1 Å². The molecule has 0 saturated heterocycles.